The Labute approximate surface area is 109 Å². The average Bonchev–Trinajstić information content (AvgIpc) is 2.45. The molecule has 0 fully saturated rings. The van der Waals surface area contributed by atoms with Gasteiger partial charge in [0.15, 0.2) is 0 Å². The minimum atomic E-state index is 0.704. The quantitative estimate of drug-likeness (QED) is 0.723. The van der Waals surface area contributed by atoms with Crippen molar-refractivity contribution >= 4 is 5.95 Å². The second-order valence-corrected chi connectivity index (χ2v) is 4.64. The van der Waals surface area contributed by atoms with Gasteiger partial charge >= 0.3 is 0 Å². The third-order valence-electron chi connectivity index (χ3n) is 3.26. The van der Waals surface area contributed by atoms with Gasteiger partial charge in [0.25, 0.3) is 0 Å². The summed E-state index contributed by atoms with van der Waals surface area (Å²) in [7, 11) is 1.73. The highest BCUT2D eigenvalue weighted by Gasteiger charge is 2.16. The monoisotopic (exact) mass is 247 g/mol. The van der Waals surface area contributed by atoms with Crippen molar-refractivity contribution in [2.45, 2.75) is 19.3 Å². The van der Waals surface area contributed by atoms with Crippen LogP contribution in [-0.2, 0) is 4.74 Å². The first-order valence-corrected chi connectivity index (χ1v) is 6.56. The summed E-state index contributed by atoms with van der Waals surface area (Å²) in [6.07, 6.45) is 11.8. The number of allylic oxidation sites excluding steroid dienone is 2. The fourth-order valence-electron chi connectivity index (χ4n) is 2.26. The largest absolute Gasteiger partial charge is 0.383 e. The number of hydrogen-bond acceptors (Lipinski definition) is 4. The summed E-state index contributed by atoms with van der Waals surface area (Å²) in [5.41, 5.74) is 0. The normalized spacial score (nSPS) is 18.8. The van der Waals surface area contributed by atoms with Crippen LogP contribution in [-0.4, -0.2) is 36.8 Å². The lowest BCUT2D eigenvalue weighted by Crippen LogP contribution is -2.34. The molecule has 98 valence electrons. The fourth-order valence-corrected chi connectivity index (χ4v) is 2.26. The lowest BCUT2D eigenvalue weighted by atomic mass is 9.94. The van der Waals surface area contributed by atoms with E-state index in [1.807, 2.05) is 6.07 Å². The van der Waals surface area contributed by atoms with Gasteiger partial charge in [-0.15, -0.1) is 0 Å². The van der Waals surface area contributed by atoms with Crippen LogP contribution in [0.5, 0.6) is 0 Å². The van der Waals surface area contributed by atoms with Gasteiger partial charge in [-0.05, 0) is 31.2 Å². The molecule has 1 aliphatic rings. The molecule has 4 heteroatoms. The highest BCUT2D eigenvalue weighted by atomic mass is 16.5. The lowest BCUT2D eigenvalue weighted by molar-refractivity contribution is 0.203. The van der Waals surface area contributed by atoms with Crippen molar-refractivity contribution in [3.63, 3.8) is 0 Å². The molecule has 0 saturated carbocycles. The maximum atomic E-state index is 5.17. The molecule has 0 radical (unpaired) electrons. The number of anilines is 1. The number of ether oxygens (including phenoxy) is 1. The van der Waals surface area contributed by atoms with Gasteiger partial charge in [0.2, 0.25) is 5.95 Å². The maximum Gasteiger partial charge on any atom is 0.225 e. The molecule has 1 aromatic rings. The molecule has 1 unspecified atom stereocenters. The van der Waals surface area contributed by atoms with E-state index in [-0.39, 0.29) is 0 Å². The van der Waals surface area contributed by atoms with Crippen molar-refractivity contribution in [3.05, 3.63) is 30.6 Å². The van der Waals surface area contributed by atoms with Crippen molar-refractivity contribution in [2.24, 2.45) is 5.92 Å². The first-order valence-electron chi connectivity index (χ1n) is 6.56. The van der Waals surface area contributed by atoms with Crippen LogP contribution < -0.4 is 4.90 Å². The van der Waals surface area contributed by atoms with E-state index < -0.39 is 0 Å². The summed E-state index contributed by atoms with van der Waals surface area (Å²) in [4.78, 5) is 10.9. The van der Waals surface area contributed by atoms with Gasteiger partial charge in [0.1, 0.15) is 0 Å². The van der Waals surface area contributed by atoms with E-state index in [9.17, 15) is 0 Å². The van der Waals surface area contributed by atoms with E-state index in [2.05, 4.69) is 27.0 Å². The Hall–Kier alpha value is -1.42. The first kappa shape index (κ1) is 13.0. The molecule has 0 aliphatic heterocycles. The number of methoxy groups -OCH3 is 1. The second-order valence-electron chi connectivity index (χ2n) is 4.64. The summed E-state index contributed by atoms with van der Waals surface area (Å²) < 4.78 is 5.17. The molecule has 0 bridgehead atoms. The van der Waals surface area contributed by atoms with Gasteiger partial charge in [-0.2, -0.15) is 0 Å². The van der Waals surface area contributed by atoms with E-state index in [0.717, 1.165) is 25.5 Å². The van der Waals surface area contributed by atoms with Crippen LogP contribution >= 0.6 is 0 Å². The minimum absolute atomic E-state index is 0.704. The summed E-state index contributed by atoms with van der Waals surface area (Å²) in [5, 5.41) is 0. The molecule has 0 N–H and O–H groups in total. The smallest absolute Gasteiger partial charge is 0.225 e. The van der Waals surface area contributed by atoms with Crippen molar-refractivity contribution in [3.8, 4) is 0 Å². The fraction of sp³-hybridized carbons (Fsp3) is 0.571. The van der Waals surface area contributed by atoms with Gasteiger partial charge in [-0.1, -0.05) is 12.2 Å². The zero-order chi connectivity index (χ0) is 12.6. The van der Waals surface area contributed by atoms with Crippen LogP contribution in [0.15, 0.2) is 30.6 Å². The molecule has 1 heterocycles. The van der Waals surface area contributed by atoms with Crippen LogP contribution in [0.2, 0.25) is 0 Å². The van der Waals surface area contributed by atoms with E-state index in [1.54, 1.807) is 19.5 Å². The van der Waals surface area contributed by atoms with Crippen LogP contribution in [0.25, 0.3) is 0 Å². The Balaban J connectivity index is 1.98. The summed E-state index contributed by atoms with van der Waals surface area (Å²) in [6.45, 7) is 2.57. The lowest BCUT2D eigenvalue weighted by Gasteiger charge is -2.28. The standard InChI is InChI=1S/C14H21N3O/c1-18-11-10-17(14-15-8-5-9-16-14)12-13-6-3-2-4-7-13/h2-3,5,8-9,13H,4,6-7,10-12H2,1H3. The molecular weight excluding hydrogens is 226 g/mol. The van der Waals surface area contributed by atoms with Crippen molar-refractivity contribution in [1.29, 1.82) is 0 Å². The Morgan fingerprint density at radius 3 is 2.83 bits per heavy atom. The van der Waals surface area contributed by atoms with E-state index >= 15 is 0 Å². The van der Waals surface area contributed by atoms with Crippen LogP contribution in [0, 0.1) is 5.92 Å². The highest BCUT2D eigenvalue weighted by molar-refractivity contribution is 5.28. The third-order valence-corrected chi connectivity index (χ3v) is 3.26. The van der Waals surface area contributed by atoms with E-state index in [0.29, 0.717) is 12.5 Å². The zero-order valence-electron chi connectivity index (χ0n) is 11.0. The maximum absolute atomic E-state index is 5.17. The summed E-state index contributed by atoms with van der Waals surface area (Å²) in [6, 6.07) is 1.85. The summed E-state index contributed by atoms with van der Waals surface area (Å²) >= 11 is 0. The molecule has 0 aromatic carbocycles. The Morgan fingerprint density at radius 2 is 2.17 bits per heavy atom. The highest BCUT2D eigenvalue weighted by Crippen LogP contribution is 2.20. The number of nitrogens with zero attached hydrogens (tertiary/aromatic N) is 3. The molecule has 4 nitrogen and oxygen atoms in total. The minimum Gasteiger partial charge on any atom is -0.383 e. The van der Waals surface area contributed by atoms with Gasteiger partial charge in [-0.3, -0.25) is 0 Å². The van der Waals surface area contributed by atoms with Gasteiger partial charge in [0, 0.05) is 32.6 Å². The number of hydrogen-bond donors (Lipinski definition) is 0. The van der Waals surface area contributed by atoms with Crippen LogP contribution in [0.4, 0.5) is 5.95 Å². The van der Waals surface area contributed by atoms with Gasteiger partial charge in [-0.25, -0.2) is 9.97 Å². The molecule has 0 spiro atoms. The molecule has 1 aromatic heterocycles. The molecule has 18 heavy (non-hydrogen) atoms. The third kappa shape index (κ3) is 3.81. The zero-order valence-corrected chi connectivity index (χ0v) is 11.0. The average molecular weight is 247 g/mol. The first-order chi connectivity index (χ1) is 8.90. The van der Waals surface area contributed by atoms with Gasteiger partial charge in [0.05, 0.1) is 6.61 Å². The van der Waals surface area contributed by atoms with Crippen LogP contribution in [0.1, 0.15) is 19.3 Å². The molecule has 1 atom stereocenters. The topological polar surface area (TPSA) is 38.2 Å². The number of aromatic nitrogens is 2. The Kier molecular flexibility index (Phi) is 5.15. The number of rotatable bonds is 6. The second kappa shape index (κ2) is 7.11. The Morgan fingerprint density at radius 1 is 1.33 bits per heavy atom. The van der Waals surface area contributed by atoms with E-state index in [1.165, 1.54) is 12.8 Å². The van der Waals surface area contributed by atoms with Crippen molar-refractivity contribution < 1.29 is 4.74 Å². The Bertz CT molecular complexity index is 367. The van der Waals surface area contributed by atoms with Crippen molar-refractivity contribution in [1.82, 2.24) is 9.97 Å². The molecular formula is C14H21N3O. The molecule has 2 rings (SSSR count). The predicted octanol–water partition coefficient (Wildman–Crippen LogP) is 2.29. The molecule has 0 saturated heterocycles. The van der Waals surface area contributed by atoms with Crippen LogP contribution in [0.3, 0.4) is 0 Å². The van der Waals surface area contributed by atoms with E-state index in [4.69, 9.17) is 4.74 Å². The molecule has 1 aliphatic carbocycles. The molecule has 0 amide bonds. The summed E-state index contributed by atoms with van der Waals surface area (Å²) in [5.74, 6) is 1.51. The predicted molar refractivity (Wildman–Crippen MR) is 72.6 cm³/mol. The van der Waals surface area contributed by atoms with Crippen molar-refractivity contribution in [2.75, 3.05) is 31.7 Å². The SMILES string of the molecule is COCCN(CC1CC=CCC1)c1ncccn1. The van der Waals surface area contributed by atoms with Gasteiger partial charge < -0.3 is 9.64 Å².